The summed E-state index contributed by atoms with van der Waals surface area (Å²) in [7, 11) is 0. The van der Waals surface area contributed by atoms with E-state index in [1.165, 1.54) is 109 Å². The van der Waals surface area contributed by atoms with Crippen molar-refractivity contribution in [3.63, 3.8) is 0 Å². The highest BCUT2D eigenvalue weighted by Crippen LogP contribution is 2.26. The Kier molecular flexibility index (Phi) is 36.2. The van der Waals surface area contributed by atoms with Crippen LogP contribution in [0, 0.1) is 0 Å². The van der Waals surface area contributed by atoms with Gasteiger partial charge in [0, 0.05) is 12.8 Å². The van der Waals surface area contributed by atoms with Crippen LogP contribution in [0.2, 0.25) is 0 Å². The number of hydrogen-bond acceptors (Lipinski definition) is 15. The average molecular weight is 959 g/mol. The van der Waals surface area contributed by atoms with Crippen LogP contribution in [0.5, 0.6) is 0 Å². The van der Waals surface area contributed by atoms with E-state index in [0.717, 1.165) is 57.8 Å². The van der Waals surface area contributed by atoms with Gasteiger partial charge in [0.25, 0.3) is 0 Å². The number of carbonyl (C=O) groups is 2. The normalized spacial score (nSPS) is 25.6. The molecule has 0 aromatic heterocycles. The zero-order valence-corrected chi connectivity index (χ0v) is 41.4. The second-order valence-corrected chi connectivity index (χ2v) is 18.8. The minimum absolute atomic E-state index is 0.148. The second kappa shape index (κ2) is 39.7. The maximum atomic E-state index is 13.0. The number of aliphatic hydroxyl groups is 7. The van der Waals surface area contributed by atoms with E-state index in [2.05, 4.69) is 31.7 Å². The molecule has 0 aliphatic carbocycles. The minimum atomic E-state index is -1.77. The Morgan fingerprint density at radius 3 is 1.37 bits per heavy atom. The molecule has 7 N–H and O–H groups in total. The second-order valence-electron chi connectivity index (χ2n) is 18.8. The number of hydrogen-bond donors (Lipinski definition) is 7. The molecule has 2 saturated heterocycles. The number of allylic oxidation sites excluding steroid dienone is 1. The number of unbranched alkanes of at least 4 members (excludes halogenated alkanes) is 25. The van der Waals surface area contributed by atoms with Gasteiger partial charge in [-0.25, -0.2) is 0 Å². The molecule has 2 aliphatic heterocycles. The van der Waals surface area contributed by atoms with Crippen molar-refractivity contribution in [2.45, 2.75) is 274 Å². The lowest BCUT2D eigenvalue weighted by atomic mass is 9.98. The minimum Gasteiger partial charge on any atom is -0.462 e. The van der Waals surface area contributed by atoms with E-state index in [-0.39, 0.29) is 26.1 Å². The van der Waals surface area contributed by atoms with Crippen LogP contribution in [0.15, 0.2) is 17.9 Å². The first-order valence-electron chi connectivity index (χ1n) is 26.5. The monoisotopic (exact) mass is 959 g/mol. The average Bonchev–Trinajstić information content (AvgIpc) is 3.32. The van der Waals surface area contributed by atoms with Crippen LogP contribution in [0.3, 0.4) is 0 Å². The van der Waals surface area contributed by atoms with E-state index in [1.807, 2.05) is 0 Å². The van der Waals surface area contributed by atoms with E-state index in [9.17, 15) is 45.3 Å². The molecule has 2 aliphatic rings. The Bertz CT molecular complexity index is 1280. The molecule has 0 saturated carbocycles. The van der Waals surface area contributed by atoms with Crippen molar-refractivity contribution in [3.8, 4) is 0 Å². The number of ether oxygens (including phenoxy) is 6. The number of aliphatic hydroxyl groups excluding tert-OH is 7. The van der Waals surface area contributed by atoms with Gasteiger partial charge in [-0.3, -0.25) is 9.59 Å². The molecule has 0 radical (unpaired) electrons. The maximum absolute atomic E-state index is 13.0. The fraction of sp³-hybridized carbons (Fsp3) is 0.904. The molecule has 0 aromatic rings. The van der Waals surface area contributed by atoms with Crippen LogP contribution in [-0.2, 0) is 38.0 Å². The fourth-order valence-corrected chi connectivity index (χ4v) is 8.37. The quantitative estimate of drug-likeness (QED) is 0.0178. The van der Waals surface area contributed by atoms with Crippen molar-refractivity contribution < 1.29 is 73.8 Å². The summed E-state index contributed by atoms with van der Waals surface area (Å²) in [5, 5.41) is 72.1. The zero-order chi connectivity index (χ0) is 48.9. The summed E-state index contributed by atoms with van der Waals surface area (Å²) in [6.07, 6.45) is 20.1. The van der Waals surface area contributed by atoms with Gasteiger partial charge in [0.05, 0.1) is 19.8 Å². The fourth-order valence-electron chi connectivity index (χ4n) is 8.37. The lowest BCUT2D eigenvalue weighted by Crippen LogP contribution is -2.61. The van der Waals surface area contributed by atoms with E-state index in [0.29, 0.717) is 12.8 Å². The largest absolute Gasteiger partial charge is 0.462 e. The van der Waals surface area contributed by atoms with Crippen LogP contribution in [-0.4, -0.2) is 142 Å². The summed E-state index contributed by atoms with van der Waals surface area (Å²) in [6.45, 7) is 2.57. The molecule has 15 nitrogen and oxygen atoms in total. The smallest absolute Gasteiger partial charge is 0.306 e. The van der Waals surface area contributed by atoms with Gasteiger partial charge in [0.15, 0.2) is 18.7 Å². The zero-order valence-electron chi connectivity index (χ0n) is 41.4. The summed E-state index contributed by atoms with van der Waals surface area (Å²) in [5.74, 6) is -0.936. The van der Waals surface area contributed by atoms with Crippen LogP contribution >= 0.6 is 0 Å². The molecule has 392 valence electrons. The van der Waals surface area contributed by atoms with Gasteiger partial charge in [-0.05, 0) is 50.7 Å². The van der Waals surface area contributed by atoms with Crippen LogP contribution in [0.25, 0.3) is 0 Å². The molecule has 0 bridgehead atoms. The van der Waals surface area contributed by atoms with Gasteiger partial charge in [-0.2, -0.15) is 0 Å². The topological polar surface area (TPSA) is 231 Å². The summed E-state index contributed by atoms with van der Waals surface area (Å²) in [4.78, 5) is 25.8. The van der Waals surface area contributed by atoms with Gasteiger partial charge in [0.2, 0.25) is 0 Å². The van der Waals surface area contributed by atoms with Gasteiger partial charge in [0.1, 0.15) is 55.4 Å². The van der Waals surface area contributed by atoms with Crippen LogP contribution < -0.4 is 0 Å². The SMILES string of the molecule is CCCCCCCC=C=CCCCCCCCC(=O)O[C@@H](COC(=O)CCCCCCCCCCCCCCCCCC)CO[C@@H]1O[C@H](CO[C@@H]2O[C@H](CO)[C@H](O)C(O)C2O)[C@H](O)C(O)C1O. The highest BCUT2D eigenvalue weighted by atomic mass is 16.7. The van der Waals surface area contributed by atoms with E-state index in [4.69, 9.17) is 28.4 Å². The number of rotatable bonds is 41. The standard InChI is InChI=1S/C52H94O15/c1-3-5-7-9-11-13-15-17-19-21-22-24-26-28-30-32-34-43(54)62-37-40(65-44(55)35-33-31-29-27-25-23-20-18-16-14-12-10-8-6-4-2)38-63-51-50(61)48(59)46(57)42(67-51)39-64-52-49(60)47(58)45(56)41(36-53)66-52/h16,20,40-42,45-53,56-61H,3-15,17,19,21-39H2,1-2H3/t18?,40-,41+,42+,45-,46-,47?,48?,49?,50?,51+,52+/m0/s1. The van der Waals surface area contributed by atoms with Gasteiger partial charge >= 0.3 is 11.9 Å². The van der Waals surface area contributed by atoms with Crippen molar-refractivity contribution in [1.82, 2.24) is 0 Å². The van der Waals surface area contributed by atoms with E-state index >= 15 is 0 Å². The predicted octanol–water partition coefficient (Wildman–Crippen LogP) is 7.54. The third-order valence-corrected chi connectivity index (χ3v) is 12.8. The molecule has 0 aromatic carbocycles. The molecule has 11 atom stereocenters. The molecule has 0 spiro atoms. The Labute approximate surface area is 403 Å². The maximum Gasteiger partial charge on any atom is 0.306 e. The summed E-state index contributed by atoms with van der Waals surface area (Å²) in [6, 6.07) is 0. The first-order valence-corrected chi connectivity index (χ1v) is 26.5. The molecular formula is C52H94O15. The predicted molar refractivity (Wildman–Crippen MR) is 256 cm³/mol. The Morgan fingerprint density at radius 1 is 0.493 bits per heavy atom. The van der Waals surface area contributed by atoms with Crippen molar-refractivity contribution >= 4 is 11.9 Å². The molecule has 67 heavy (non-hydrogen) atoms. The number of esters is 2. The summed E-state index contributed by atoms with van der Waals surface area (Å²) < 4.78 is 33.6. The van der Waals surface area contributed by atoms with Gasteiger partial charge in [-0.1, -0.05) is 155 Å². The summed E-state index contributed by atoms with van der Waals surface area (Å²) >= 11 is 0. The first-order chi connectivity index (χ1) is 32.5. The molecule has 4 unspecified atom stereocenters. The Morgan fingerprint density at radius 2 is 0.896 bits per heavy atom. The molecule has 15 heteroatoms. The Hall–Kier alpha value is -1.98. The highest BCUT2D eigenvalue weighted by molar-refractivity contribution is 5.70. The van der Waals surface area contributed by atoms with Crippen molar-refractivity contribution in [1.29, 1.82) is 0 Å². The van der Waals surface area contributed by atoms with Gasteiger partial charge < -0.3 is 64.2 Å². The van der Waals surface area contributed by atoms with Crippen LogP contribution in [0.1, 0.15) is 206 Å². The highest BCUT2D eigenvalue weighted by Gasteiger charge is 2.47. The molecule has 2 heterocycles. The molecule has 0 amide bonds. The van der Waals surface area contributed by atoms with Crippen molar-refractivity contribution in [3.05, 3.63) is 17.9 Å². The molecule has 2 fully saturated rings. The van der Waals surface area contributed by atoms with Gasteiger partial charge in [-0.15, -0.1) is 5.73 Å². The van der Waals surface area contributed by atoms with E-state index in [1.54, 1.807) is 0 Å². The van der Waals surface area contributed by atoms with Crippen LogP contribution in [0.4, 0.5) is 0 Å². The van der Waals surface area contributed by atoms with E-state index < -0.39 is 92.7 Å². The Balaban J connectivity index is 1.81. The summed E-state index contributed by atoms with van der Waals surface area (Å²) in [5.41, 5.74) is 3.29. The third kappa shape index (κ3) is 27.9. The molecule has 2 rings (SSSR count). The number of carbonyl (C=O) groups excluding carboxylic acids is 2. The lowest BCUT2D eigenvalue weighted by molar-refractivity contribution is -0.332. The van der Waals surface area contributed by atoms with Crippen molar-refractivity contribution in [2.75, 3.05) is 26.4 Å². The molecular weight excluding hydrogens is 865 g/mol. The first kappa shape index (κ1) is 61.1. The lowest BCUT2D eigenvalue weighted by Gasteiger charge is -2.42. The van der Waals surface area contributed by atoms with Crippen molar-refractivity contribution in [2.24, 2.45) is 0 Å². The third-order valence-electron chi connectivity index (χ3n) is 12.8.